The first-order valence-electron chi connectivity index (χ1n) is 19.1. The molecule has 2 amide bonds. The van der Waals surface area contributed by atoms with Gasteiger partial charge in [-0.05, 0) is 72.9 Å². The quantitative estimate of drug-likeness (QED) is 0.0342. The third kappa shape index (κ3) is 8.82. The van der Waals surface area contributed by atoms with Crippen molar-refractivity contribution in [1.82, 2.24) is 30.0 Å². The average Bonchev–Trinajstić information content (AvgIpc) is 3.73. The summed E-state index contributed by atoms with van der Waals surface area (Å²) in [4.78, 5) is 24.0. The van der Waals surface area contributed by atoms with Gasteiger partial charge in [0.2, 0.25) is 0 Å². The molecule has 0 bridgehead atoms. The lowest BCUT2D eigenvalue weighted by Gasteiger charge is -2.40. The number of nitrogens with one attached hydrogen (secondary N) is 2. The standard InChI is InChI=1S/C41H47Cl2FN10O4/c1-24(2)30-18-31(36(56)19-35(30)55)40(50-46)49-27-3-5-28(6-4-27)51-13-15-53(16-14-51)41(57)52-11-9-29(10-12-52)54-22-26(21-48-54)25-17-37(39(45)47-20-25)58-23-32-33(42)7-8-34(44)38(32)43/h3-8,17-22,24,29,40,49-50,55-56H,9-16,23,46H2,1-2H3,(H2,45,47). The third-order valence-electron chi connectivity index (χ3n) is 10.8. The molecular weight excluding hydrogens is 786 g/mol. The second-order valence-corrected chi connectivity index (χ2v) is 15.6. The van der Waals surface area contributed by atoms with Crippen LogP contribution in [0.3, 0.4) is 0 Å². The van der Waals surface area contributed by atoms with E-state index >= 15 is 0 Å². The third-order valence-corrected chi connectivity index (χ3v) is 11.6. The number of urea groups is 1. The zero-order valence-electron chi connectivity index (χ0n) is 32.2. The van der Waals surface area contributed by atoms with Gasteiger partial charge in [-0.25, -0.2) is 19.6 Å². The number of nitrogen functional groups attached to an aromatic ring is 1. The summed E-state index contributed by atoms with van der Waals surface area (Å²) in [6.45, 7) is 7.73. The highest BCUT2D eigenvalue weighted by atomic mass is 35.5. The molecule has 2 aromatic heterocycles. The lowest BCUT2D eigenvalue weighted by Crippen LogP contribution is -2.54. The Hall–Kier alpha value is -5.48. The number of amides is 2. The lowest BCUT2D eigenvalue weighted by atomic mass is 9.97. The molecule has 3 aromatic carbocycles. The van der Waals surface area contributed by atoms with Crippen LogP contribution in [-0.2, 0) is 6.61 Å². The van der Waals surface area contributed by atoms with Gasteiger partial charge in [0, 0.05) is 96.4 Å². The van der Waals surface area contributed by atoms with Crippen molar-refractivity contribution >= 4 is 46.4 Å². The van der Waals surface area contributed by atoms with Crippen molar-refractivity contribution in [3.63, 3.8) is 0 Å². The molecule has 14 nitrogen and oxygen atoms in total. The first-order valence-corrected chi connectivity index (χ1v) is 19.9. The molecule has 0 aliphatic carbocycles. The topological polar surface area (TPSA) is 183 Å². The van der Waals surface area contributed by atoms with E-state index in [2.05, 4.69) is 25.7 Å². The van der Waals surface area contributed by atoms with Crippen molar-refractivity contribution in [2.45, 2.75) is 51.4 Å². The second kappa shape index (κ2) is 17.6. The fraction of sp³-hybridized carbons (Fsp3) is 0.341. The molecule has 5 aromatic rings. The number of nitrogens with zero attached hydrogens (tertiary/aromatic N) is 6. The molecule has 0 spiro atoms. The zero-order chi connectivity index (χ0) is 41.1. The number of pyridine rings is 1. The molecule has 2 aliphatic rings. The molecule has 8 N–H and O–H groups in total. The molecule has 17 heteroatoms. The highest BCUT2D eigenvalue weighted by Crippen LogP contribution is 2.36. The van der Waals surface area contributed by atoms with Crippen LogP contribution in [0.5, 0.6) is 17.2 Å². The predicted octanol–water partition coefficient (Wildman–Crippen LogP) is 7.24. The van der Waals surface area contributed by atoms with E-state index in [1.807, 2.05) is 58.8 Å². The van der Waals surface area contributed by atoms with Gasteiger partial charge < -0.3 is 40.7 Å². The van der Waals surface area contributed by atoms with Crippen LogP contribution < -0.4 is 32.0 Å². The average molecular weight is 834 g/mol. The van der Waals surface area contributed by atoms with Crippen LogP contribution in [-0.4, -0.2) is 80.1 Å². The number of aromatic hydroxyl groups is 2. The Balaban J connectivity index is 0.889. The van der Waals surface area contributed by atoms with Gasteiger partial charge in [-0.2, -0.15) is 5.10 Å². The zero-order valence-corrected chi connectivity index (χ0v) is 33.7. The van der Waals surface area contributed by atoms with E-state index in [0.29, 0.717) is 61.7 Å². The van der Waals surface area contributed by atoms with Crippen molar-refractivity contribution in [2.24, 2.45) is 5.84 Å². The van der Waals surface area contributed by atoms with Gasteiger partial charge in [0.05, 0.1) is 17.3 Å². The van der Waals surface area contributed by atoms with Gasteiger partial charge >= 0.3 is 6.03 Å². The molecule has 7 rings (SSSR count). The Kier molecular flexibility index (Phi) is 12.3. The smallest absolute Gasteiger partial charge is 0.320 e. The van der Waals surface area contributed by atoms with Gasteiger partial charge in [0.1, 0.15) is 30.1 Å². The number of likely N-dealkylation sites (tertiary alicyclic amines) is 1. The highest BCUT2D eigenvalue weighted by molar-refractivity contribution is 6.36. The lowest BCUT2D eigenvalue weighted by molar-refractivity contribution is 0.129. The van der Waals surface area contributed by atoms with E-state index in [-0.39, 0.29) is 52.0 Å². The Bertz CT molecular complexity index is 2240. The van der Waals surface area contributed by atoms with Crippen LogP contribution in [0.4, 0.5) is 26.4 Å². The molecule has 0 saturated carbocycles. The van der Waals surface area contributed by atoms with Crippen molar-refractivity contribution in [1.29, 1.82) is 0 Å². The van der Waals surface area contributed by atoms with Gasteiger partial charge in [0.25, 0.3) is 0 Å². The number of aromatic nitrogens is 3. The molecule has 306 valence electrons. The van der Waals surface area contributed by atoms with Crippen molar-refractivity contribution in [3.05, 3.63) is 106 Å². The molecule has 2 saturated heterocycles. The number of benzene rings is 3. The number of ether oxygens (including phenoxy) is 1. The summed E-state index contributed by atoms with van der Waals surface area (Å²) < 4.78 is 21.8. The summed E-state index contributed by atoms with van der Waals surface area (Å²) >= 11 is 12.3. The van der Waals surface area contributed by atoms with E-state index < -0.39 is 12.0 Å². The summed E-state index contributed by atoms with van der Waals surface area (Å²) in [6, 6.07) is 15.6. The predicted molar refractivity (Wildman–Crippen MR) is 224 cm³/mol. The van der Waals surface area contributed by atoms with Crippen molar-refractivity contribution in [3.8, 4) is 28.4 Å². The van der Waals surface area contributed by atoms with Crippen molar-refractivity contribution in [2.75, 3.05) is 55.2 Å². The fourth-order valence-corrected chi connectivity index (χ4v) is 7.87. The van der Waals surface area contributed by atoms with Gasteiger partial charge in [-0.1, -0.05) is 37.0 Å². The summed E-state index contributed by atoms with van der Waals surface area (Å²) in [7, 11) is 0. The number of piperidine rings is 1. The number of carbonyl (C=O) groups excluding carboxylic acids is 1. The molecule has 1 unspecified atom stereocenters. The maximum atomic E-state index is 14.0. The number of hydrazine groups is 1. The van der Waals surface area contributed by atoms with E-state index in [4.69, 9.17) is 39.5 Å². The Morgan fingerprint density at radius 3 is 2.31 bits per heavy atom. The second-order valence-electron chi connectivity index (χ2n) is 14.8. The molecule has 0 radical (unpaired) electrons. The number of hydrogen-bond donors (Lipinski definition) is 6. The number of nitrogens with two attached hydrogens (primary N) is 2. The monoisotopic (exact) mass is 832 g/mol. The number of phenolic OH excluding ortho intramolecular Hbond substituents is 2. The van der Waals surface area contributed by atoms with Crippen LogP contribution in [0.2, 0.25) is 10.0 Å². The Morgan fingerprint density at radius 1 is 0.931 bits per heavy atom. The molecule has 2 aliphatic heterocycles. The van der Waals surface area contributed by atoms with Gasteiger partial charge in [-0.3, -0.25) is 10.5 Å². The number of piperazine rings is 1. The van der Waals surface area contributed by atoms with E-state index in [1.165, 1.54) is 18.2 Å². The maximum absolute atomic E-state index is 14.0. The fourth-order valence-electron chi connectivity index (χ4n) is 7.39. The summed E-state index contributed by atoms with van der Waals surface area (Å²) in [5.74, 6) is 5.79. The van der Waals surface area contributed by atoms with Gasteiger partial charge in [-0.15, -0.1) is 0 Å². The van der Waals surface area contributed by atoms with E-state index in [0.717, 1.165) is 35.3 Å². The molecule has 1 atom stereocenters. The first-order chi connectivity index (χ1) is 27.9. The number of carbonyl (C=O) groups is 1. The molecule has 58 heavy (non-hydrogen) atoms. The number of hydrogen-bond acceptors (Lipinski definition) is 11. The SMILES string of the molecule is CC(C)c1cc(C(NN)Nc2ccc(N3CCN(C(=O)N4CCC(n5cc(-c6cnc(N)c(OCc7c(Cl)ccc(F)c7Cl)c6)cn5)CC4)CC3)cc2)c(O)cc1O. The van der Waals surface area contributed by atoms with Crippen LogP contribution in [0.1, 0.15) is 61.5 Å². The minimum absolute atomic E-state index is 0.0421. The van der Waals surface area contributed by atoms with Crippen LogP contribution in [0.15, 0.2) is 73.2 Å². The first kappa shape index (κ1) is 40.7. The maximum Gasteiger partial charge on any atom is 0.320 e. The molecule has 2 fully saturated rings. The number of phenols is 2. The number of halogens is 3. The molecular formula is C41H47Cl2FN10O4. The summed E-state index contributed by atoms with van der Waals surface area (Å²) in [5.41, 5.74) is 13.8. The number of rotatable bonds is 11. The van der Waals surface area contributed by atoms with Crippen molar-refractivity contribution < 1.29 is 24.1 Å². The largest absolute Gasteiger partial charge is 0.508 e. The Morgan fingerprint density at radius 2 is 1.62 bits per heavy atom. The number of anilines is 3. The highest BCUT2D eigenvalue weighted by Gasteiger charge is 2.30. The summed E-state index contributed by atoms with van der Waals surface area (Å²) in [5, 5.41) is 28.9. The van der Waals surface area contributed by atoms with Gasteiger partial charge in [0.15, 0.2) is 11.6 Å². The normalized spacial score (nSPS) is 15.5. The summed E-state index contributed by atoms with van der Waals surface area (Å²) in [6.07, 6.45) is 6.30. The van der Waals surface area contributed by atoms with E-state index in [9.17, 15) is 19.4 Å². The van der Waals surface area contributed by atoms with Crippen LogP contribution >= 0.6 is 23.2 Å². The minimum atomic E-state index is -0.592. The van der Waals surface area contributed by atoms with Crippen LogP contribution in [0.25, 0.3) is 11.1 Å². The van der Waals surface area contributed by atoms with E-state index in [1.54, 1.807) is 24.5 Å². The minimum Gasteiger partial charge on any atom is -0.508 e. The van der Waals surface area contributed by atoms with Crippen LogP contribution in [0, 0.1) is 5.82 Å². The Labute approximate surface area is 346 Å². The molecule has 4 heterocycles.